The topological polar surface area (TPSA) is 63.2 Å². The average molecular weight is 285 g/mol. The molecule has 0 fully saturated rings. The molecular formula is C17H19NO3. The number of carbonyl (C=O) groups excluding carboxylic acids is 3. The van der Waals surface area contributed by atoms with Crippen molar-refractivity contribution in [3.8, 4) is 0 Å². The van der Waals surface area contributed by atoms with Crippen molar-refractivity contribution in [3.05, 3.63) is 47.0 Å². The zero-order chi connectivity index (χ0) is 15.6. The number of Topliss-reactive ketones (excluding diaryl/α,β-unsaturated/α-hetero) is 1. The molecule has 0 radical (unpaired) electrons. The first-order chi connectivity index (χ1) is 9.93. The number of hydrogen-bond donors (Lipinski definition) is 1. The second-order valence-corrected chi connectivity index (χ2v) is 5.49. The summed E-state index contributed by atoms with van der Waals surface area (Å²) in [5.74, 6) is -1.13. The van der Waals surface area contributed by atoms with Crippen LogP contribution in [-0.2, 0) is 9.59 Å². The number of hydrogen-bond acceptors (Lipinski definition) is 3. The summed E-state index contributed by atoms with van der Waals surface area (Å²) < 4.78 is 0. The summed E-state index contributed by atoms with van der Waals surface area (Å²) in [6.07, 6.45) is 2.26. The third kappa shape index (κ3) is 3.10. The first-order valence-corrected chi connectivity index (χ1v) is 6.97. The van der Waals surface area contributed by atoms with Crippen LogP contribution in [0.1, 0.15) is 42.1 Å². The molecule has 0 heterocycles. The van der Waals surface area contributed by atoms with E-state index in [1.807, 2.05) is 19.1 Å². The van der Waals surface area contributed by atoms with Crippen molar-refractivity contribution >= 4 is 17.5 Å². The predicted octanol–water partition coefficient (Wildman–Crippen LogP) is 2.25. The molecule has 0 bridgehead atoms. The summed E-state index contributed by atoms with van der Waals surface area (Å²) >= 11 is 0. The Labute approximate surface area is 124 Å². The third-order valence-electron chi connectivity index (χ3n) is 3.91. The first-order valence-electron chi connectivity index (χ1n) is 6.97. The zero-order valence-electron chi connectivity index (χ0n) is 12.5. The van der Waals surface area contributed by atoms with Crippen LogP contribution in [0.15, 0.2) is 35.9 Å². The molecule has 0 aliphatic heterocycles. The Morgan fingerprint density at radius 1 is 1.19 bits per heavy atom. The summed E-state index contributed by atoms with van der Waals surface area (Å²) in [5, 5.41) is 2.57. The van der Waals surface area contributed by atoms with Gasteiger partial charge in [-0.3, -0.25) is 14.4 Å². The molecule has 1 aromatic carbocycles. The Bertz CT molecular complexity index is 613. The predicted molar refractivity (Wildman–Crippen MR) is 80.1 cm³/mol. The second kappa shape index (κ2) is 6.04. The molecule has 0 aromatic heterocycles. The van der Waals surface area contributed by atoms with Gasteiger partial charge in [-0.25, -0.2) is 0 Å². The first kappa shape index (κ1) is 15.2. The van der Waals surface area contributed by atoms with Crippen molar-refractivity contribution in [1.82, 2.24) is 5.32 Å². The lowest BCUT2D eigenvalue weighted by Gasteiger charge is -2.28. The highest BCUT2D eigenvalue weighted by molar-refractivity contribution is 6.08. The standard InChI is InChI=1S/C17H19NO3/c1-10-8-14(16(11(2)19)15(20)9-10)12-4-6-13(7-5-12)17(21)18-3/h4-7,9,14,16H,8H2,1-3H3,(H,18,21). The van der Waals surface area contributed by atoms with Crippen molar-refractivity contribution in [3.63, 3.8) is 0 Å². The third-order valence-corrected chi connectivity index (χ3v) is 3.91. The van der Waals surface area contributed by atoms with Crippen LogP contribution < -0.4 is 5.32 Å². The Hall–Kier alpha value is -2.23. The maximum atomic E-state index is 12.1. The van der Waals surface area contributed by atoms with Gasteiger partial charge in [-0.1, -0.05) is 17.7 Å². The van der Waals surface area contributed by atoms with E-state index in [9.17, 15) is 14.4 Å². The SMILES string of the molecule is CNC(=O)c1ccc(C2CC(C)=CC(=O)C2C(C)=O)cc1. The van der Waals surface area contributed by atoms with Crippen LogP contribution in [0.4, 0.5) is 0 Å². The number of carbonyl (C=O) groups is 3. The Morgan fingerprint density at radius 2 is 1.81 bits per heavy atom. The van der Waals surface area contributed by atoms with E-state index in [0.717, 1.165) is 11.1 Å². The van der Waals surface area contributed by atoms with Gasteiger partial charge in [0.1, 0.15) is 5.78 Å². The maximum Gasteiger partial charge on any atom is 0.251 e. The van der Waals surface area contributed by atoms with Gasteiger partial charge in [0, 0.05) is 18.5 Å². The van der Waals surface area contributed by atoms with E-state index in [0.29, 0.717) is 12.0 Å². The summed E-state index contributed by atoms with van der Waals surface area (Å²) in [4.78, 5) is 35.4. The van der Waals surface area contributed by atoms with E-state index in [1.165, 1.54) is 6.92 Å². The summed E-state index contributed by atoms with van der Waals surface area (Å²) in [7, 11) is 1.58. The number of rotatable bonds is 3. The molecule has 1 aliphatic carbocycles. The molecule has 1 aromatic rings. The van der Waals surface area contributed by atoms with Gasteiger partial charge in [0.25, 0.3) is 5.91 Å². The molecule has 1 aliphatic rings. The molecule has 2 atom stereocenters. The molecule has 0 saturated heterocycles. The van der Waals surface area contributed by atoms with Crippen molar-refractivity contribution in [2.24, 2.45) is 5.92 Å². The molecule has 1 N–H and O–H groups in total. The fraction of sp³-hybridized carbons (Fsp3) is 0.353. The lowest BCUT2D eigenvalue weighted by Crippen LogP contribution is -2.31. The molecule has 2 rings (SSSR count). The zero-order valence-corrected chi connectivity index (χ0v) is 12.5. The van der Waals surface area contributed by atoms with Crippen LogP contribution in [0, 0.1) is 5.92 Å². The van der Waals surface area contributed by atoms with Gasteiger partial charge in [-0.15, -0.1) is 0 Å². The van der Waals surface area contributed by atoms with Crippen LogP contribution in [0.5, 0.6) is 0 Å². The number of benzene rings is 1. The van der Waals surface area contributed by atoms with E-state index in [-0.39, 0.29) is 23.4 Å². The molecule has 4 nitrogen and oxygen atoms in total. The molecule has 0 spiro atoms. The number of allylic oxidation sites excluding steroid dienone is 2. The van der Waals surface area contributed by atoms with Gasteiger partial charge < -0.3 is 5.32 Å². The highest BCUT2D eigenvalue weighted by atomic mass is 16.2. The fourth-order valence-electron chi connectivity index (χ4n) is 2.87. The lowest BCUT2D eigenvalue weighted by molar-refractivity contribution is -0.130. The monoisotopic (exact) mass is 285 g/mol. The Morgan fingerprint density at radius 3 is 2.33 bits per heavy atom. The number of ketones is 2. The molecular weight excluding hydrogens is 266 g/mol. The van der Waals surface area contributed by atoms with Gasteiger partial charge >= 0.3 is 0 Å². The molecule has 0 saturated carbocycles. The van der Waals surface area contributed by atoms with Crippen LogP contribution in [0.25, 0.3) is 0 Å². The fourth-order valence-corrected chi connectivity index (χ4v) is 2.87. The van der Waals surface area contributed by atoms with E-state index >= 15 is 0 Å². The average Bonchev–Trinajstić information content (AvgIpc) is 2.45. The van der Waals surface area contributed by atoms with Crippen LogP contribution in [0.3, 0.4) is 0 Å². The maximum absolute atomic E-state index is 12.1. The van der Waals surface area contributed by atoms with Crippen molar-refractivity contribution in [1.29, 1.82) is 0 Å². The van der Waals surface area contributed by atoms with E-state index in [2.05, 4.69) is 5.32 Å². The highest BCUT2D eigenvalue weighted by Gasteiger charge is 2.35. The minimum absolute atomic E-state index is 0.107. The van der Waals surface area contributed by atoms with Gasteiger partial charge in [0.2, 0.25) is 0 Å². The van der Waals surface area contributed by atoms with Gasteiger partial charge in [-0.05, 0) is 44.0 Å². The summed E-state index contributed by atoms with van der Waals surface area (Å²) in [5.41, 5.74) is 2.47. The largest absolute Gasteiger partial charge is 0.355 e. The number of nitrogens with one attached hydrogen (secondary N) is 1. The molecule has 110 valence electrons. The normalized spacial score (nSPS) is 21.7. The van der Waals surface area contributed by atoms with E-state index < -0.39 is 5.92 Å². The van der Waals surface area contributed by atoms with Crippen LogP contribution >= 0.6 is 0 Å². The smallest absolute Gasteiger partial charge is 0.251 e. The van der Waals surface area contributed by atoms with E-state index in [1.54, 1.807) is 25.3 Å². The van der Waals surface area contributed by atoms with Crippen molar-refractivity contribution in [2.45, 2.75) is 26.2 Å². The minimum atomic E-state index is -0.612. The lowest BCUT2D eigenvalue weighted by atomic mass is 9.73. The quantitative estimate of drug-likeness (QED) is 0.866. The molecule has 21 heavy (non-hydrogen) atoms. The Balaban J connectivity index is 2.35. The second-order valence-electron chi connectivity index (χ2n) is 5.49. The molecule has 1 amide bonds. The van der Waals surface area contributed by atoms with Crippen molar-refractivity contribution in [2.75, 3.05) is 7.05 Å². The summed E-state index contributed by atoms with van der Waals surface area (Å²) in [6.45, 7) is 3.36. The summed E-state index contributed by atoms with van der Waals surface area (Å²) in [6, 6.07) is 7.11. The van der Waals surface area contributed by atoms with Gasteiger partial charge in [-0.2, -0.15) is 0 Å². The minimum Gasteiger partial charge on any atom is -0.355 e. The van der Waals surface area contributed by atoms with Gasteiger partial charge in [0.05, 0.1) is 5.92 Å². The van der Waals surface area contributed by atoms with Crippen LogP contribution in [0.2, 0.25) is 0 Å². The molecule has 4 heteroatoms. The van der Waals surface area contributed by atoms with Gasteiger partial charge in [0.15, 0.2) is 5.78 Å². The number of amides is 1. The van der Waals surface area contributed by atoms with Crippen LogP contribution in [-0.4, -0.2) is 24.5 Å². The highest BCUT2D eigenvalue weighted by Crippen LogP contribution is 2.36. The van der Waals surface area contributed by atoms with Crippen molar-refractivity contribution < 1.29 is 14.4 Å². The molecule has 2 unspecified atom stereocenters. The van der Waals surface area contributed by atoms with E-state index in [4.69, 9.17) is 0 Å². The Kier molecular flexibility index (Phi) is 4.36.